The van der Waals surface area contributed by atoms with Crippen molar-refractivity contribution in [2.24, 2.45) is 0 Å². The van der Waals surface area contributed by atoms with Crippen molar-refractivity contribution in [2.75, 3.05) is 13.2 Å². The van der Waals surface area contributed by atoms with Crippen LogP contribution in [0.5, 0.6) is 5.75 Å². The zero-order valence-electron chi connectivity index (χ0n) is 20.8. The summed E-state index contributed by atoms with van der Waals surface area (Å²) in [7, 11) is 0. The average molecular weight is 501 g/mol. The number of nitro benzene ring substituents is 1. The number of esters is 1. The number of nitrogens with zero attached hydrogens (tertiary/aromatic N) is 2. The van der Waals surface area contributed by atoms with Crippen LogP contribution in [0, 0.1) is 17.0 Å². The van der Waals surface area contributed by atoms with E-state index in [1.165, 1.54) is 12.1 Å². The molecule has 0 bridgehead atoms. The minimum atomic E-state index is -0.568. The molecule has 0 saturated carbocycles. The quantitative estimate of drug-likeness (QED) is 0.140. The fraction of sp³-hybridized carbons (Fsp3) is 0.241. The summed E-state index contributed by atoms with van der Waals surface area (Å²) in [6.45, 7) is 4.34. The van der Waals surface area contributed by atoms with Crippen molar-refractivity contribution in [3.8, 4) is 17.2 Å². The van der Waals surface area contributed by atoms with Crippen LogP contribution >= 0.6 is 0 Å². The third-order valence-corrected chi connectivity index (χ3v) is 5.96. The third kappa shape index (κ3) is 6.61. The highest BCUT2D eigenvalue weighted by Crippen LogP contribution is 2.26. The first kappa shape index (κ1) is 25.6. The van der Waals surface area contributed by atoms with Gasteiger partial charge in [0.15, 0.2) is 0 Å². The van der Waals surface area contributed by atoms with Crippen LogP contribution in [0.3, 0.4) is 0 Å². The monoisotopic (exact) mass is 500 g/mol. The lowest BCUT2D eigenvalue weighted by Crippen LogP contribution is -2.18. The highest BCUT2D eigenvalue weighted by molar-refractivity contribution is 5.78. The Morgan fingerprint density at radius 2 is 1.73 bits per heavy atom. The van der Waals surface area contributed by atoms with Crippen LogP contribution in [0.15, 0.2) is 83.3 Å². The molecule has 0 aliphatic rings. The van der Waals surface area contributed by atoms with Crippen molar-refractivity contribution in [1.82, 2.24) is 4.98 Å². The Morgan fingerprint density at radius 3 is 2.38 bits per heavy atom. The molecular weight excluding hydrogens is 472 g/mol. The molecule has 8 nitrogen and oxygen atoms in total. The summed E-state index contributed by atoms with van der Waals surface area (Å²) in [5, 5.41) is 11.0. The van der Waals surface area contributed by atoms with Crippen LogP contribution in [-0.4, -0.2) is 29.1 Å². The van der Waals surface area contributed by atoms with E-state index in [-0.39, 0.29) is 18.3 Å². The number of hydrogen-bond donors (Lipinski definition) is 0. The van der Waals surface area contributed by atoms with Crippen LogP contribution in [0.1, 0.15) is 35.4 Å². The predicted molar refractivity (Wildman–Crippen MR) is 138 cm³/mol. The highest BCUT2D eigenvalue weighted by Gasteiger charge is 2.23. The Balaban J connectivity index is 1.37. The van der Waals surface area contributed by atoms with Crippen LogP contribution in [0.25, 0.3) is 11.5 Å². The first-order valence-corrected chi connectivity index (χ1v) is 12.1. The maximum absolute atomic E-state index is 12.6. The third-order valence-electron chi connectivity index (χ3n) is 5.96. The van der Waals surface area contributed by atoms with E-state index >= 15 is 0 Å². The molecule has 3 aromatic carbocycles. The molecular formula is C29H28N2O6. The van der Waals surface area contributed by atoms with Gasteiger partial charge < -0.3 is 13.9 Å². The molecule has 0 spiro atoms. The number of aromatic nitrogens is 1. The van der Waals surface area contributed by atoms with E-state index in [2.05, 4.69) is 4.98 Å². The largest absolute Gasteiger partial charge is 0.493 e. The summed E-state index contributed by atoms with van der Waals surface area (Å²) in [5.41, 5.74) is 3.36. The van der Waals surface area contributed by atoms with Crippen molar-refractivity contribution in [1.29, 1.82) is 0 Å². The average Bonchev–Trinajstić information content (AvgIpc) is 3.29. The van der Waals surface area contributed by atoms with Crippen molar-refractivity contribution in [3.05, 3.63) is 112 Å². The summed E-state index contributed by atoms with van der Waals surface area (Å²) in [4.78, 5) is 27.7. The Hall–Kier alpha value is -4.46. The van der Waals surface area contributed by atoms with Gasteiger partial charge in [-0.3, -0.25) is 14.9 Å². The van der Waals surface area contributed by atoms with Crippen LogP contribution in [0.4, 0.5) is 5.69 Å². The fourth-order valence-corrected chi connectivity index (χ4v) is 4.00. The van der Waals surface area contributed by atoms with Gasteiger partial charge in [0.2, 0.25) is 5.89 Å². The van der Waals surface area contributed by atoms with Crippen molar-refractivity contribution in [2.45, 2.75) is 32.6 Å². The fourth-order valence-electron chi connectivity index (χ4n) is 4.00. The second-order valence-corrected chi connectivity index (χ2v) is 8.49. The number of carbonyl (C=O) groups excluding carboxylic acids is 1. The van der Waals surface area contributed by atoms with E-state index in [0.29, 0.717) is 36.7 Å². The first-order valence-electron chi connectivity index (χ1n) is 12.1. The van der Waals surface area contributed by atoms with Crippen LogP contribution in [0.2, 0.25) is 0 Å². The minimum Gasteiger partial charge on any atom is -0.493 e. The maximum atomic E-state index is 12.6. The number of nitro groups is 1. The van der Waals surface area contributed by atoms with Gasteiger partial charge >= 0.3 is 5.97 Å². The number of aryl methyl sites for hydroxylation is 1. The minimum absolute atomic E-state index is 0.0232. The van der Waals surface area contributed by atoms with Gasteiger partial charge in [-0.1, -0.05) is 42.5 Å². The Kier molecular flexibility index (Phi) is 8.30. The van der Waals surface area contributed by atoms with Crippen LogP contribution < -0.4 is 4.74 Å². The van der Waals surface area contributed by atoms with E-state index in [1.54, 1.807) is 19.1 Å². The molecule has 1 atom stereocenters. The zero-order chi connectivity index (χ0) is 26.2. The lowest BCUT2D eigenvalue weighted by Gasteiger charge is -2.16. The Labute approximate surface area is 215 Å². The first-order chi connectivity index (χ1) is 17.9. The maximum Gasteiger partial charge on any atom is 0.313 e. The molecule has 0 aliphatic carbocycles. The molecule has 1 unspecified atom stereocenters. The van der Waals surface area contributed by atoms with E-state index < -0.39 is 10.8 Å². The van der Waals surface area contributed by atoms with Crippen molar-refractivity contribution < 1.29 is 23.6 Å². The number of benzene rings is 3. The van der Waals surface area contributed by atoms with Crippen molar-refractivity contribution >= 4 is 11.7 Å². The number of oxazole rings is 1. The number of carbonyl (C=O) groups is 1. The summed E-state index contributed by atoms with van der Waals surface area (Å²) < 4.78 is 17.0. The second-order valence-electron chi connectivity index (χ2n) is 8.49. The molecule has 190 valence electrons. The zero-order valence-corrected chi connectivity index (χ0v) is 20.8. The van der Waals surface area contributed by atoms with E-state index in [4.69, 9.17) is 13.9 Å². The van der Waals surface area contributed by atoms with Gasteiger partial charge in [0.05, 0.1) is 29.7 Å². The van der Waals surface area contributed by atoms with Gasteiger partial charge in [-0.05, 0) is 55.7 Å². The number of non-ortho nitro benzene ring substituents is 1. The smallest absolute Gasteiger partial charge is 0.313 e. The lowest BCUT2D eigenvalue weighted by atomic mass is 9.92. The Bertz CT molecular complexity index is 1330. The SMILES string of the molecule is CCOC(=O)C(Cc1ccc(OCCc2nc(-c3ccccc3)oc2C)cc1)c1ccc([N+](=O)[O-])cc1. The van der Waals surface area contributed by atoms with Gasteiger partial charge in [0.25, 0.3) is 5.69 Å². The topological polar surface area (TPSA) is 105 Å². The molecule has 1 heterocycles. The van der Waals surface area contributed by atoms with Crippen LogP contribution in [-0.2, 0) is 22.4 Å². The summed E-state index contributed by atoms with van der Waals surface area (Å²) in [5.74, 6) is 1.14. The summed E-state index contributed by atoms with van der Waals surface area (Å²) >= 11 is 0. The van der Waals surface area contributed by atoms with Gasteiger partial charge in [-0.15, -0.1) is 0 Å². The normalized spacial score (nSPS) is 11.6. The van der Waals surface area contributed by atoms with E-state index in [9.17, 15) is 14.9 Å². The summed E-state index contributed by atoms with van der Waals surface area (Å²) in [6.07, 6.45) is 1.01. The molecule has 1 aromatic heterocycles. The number of ether oxygens (including phenoxy) is 2. The number of rotatable bonds is 11. The molecule has 4 rings (SSSR count). The van der Waals surface area contributed by atoms with E-state index in [1.807, 2.05) is 61.5 Å². The molecule has 0 amide bonds. The molecule has 4 aromatic rings. The molecule has 0 aliphatic heterocycles. The molecule has 0 N–H and O–H groups in total. The lowest BCUT2D eigenvalue weighted by molar-refractivity contribution is -0.384. The predicted octanol–water partition coefficient (Wildman–Crippen LogP) is 6.07. The number of hydrogen-bond acceptors (Lipinski definition) is 7. The van der Waals surface area contributed by atoms with Gasteiger partial charge in [-0.25, -0.2) is 4.98 Å². The Morgan fingerprint density at radius 1 is 1.03 bits per heavy atom. The standard InChI is InChI=1S/C29H28N2O6/c1-3-35-29(32)26(22-11-13-24(14-12-22)31(33)34)19-21-9-15-25(16-10-21)36-18-17-27-20(2)37-28(30-27)23-7-5-4-6-8-23/h4-16,26H,3,17-19H2,1-2H3. The summed E-state index contributed by atoms with van der Waals surface area (Å²) in [6, 6.07) is 23.3. The van der Waals surface area contributed by atoms with Crippen molar-refractivity contribution in [3.63, 3.8) is 0 Å². The highest BCUT2D eigenvalue weighted by atomic mass is 16.6. The molecule has 37 heavy (non-hydrogen) atoms. The van der Waals surface area contributed by atoms with E-state index in [0.717, 1.165) is 22.6 Å². The van der Waals surface area contributed by atoms with Gasteiger partial charge in [0, 0.05) is 24.1 Å². The second kappa shape index (κ2) is 12.0. The molecule has 0 saturated heterocycles. The van der Waals surface area contributed by atoms with Gasteiger partial charge in [0.1, 0.15) is 11.5 Å². The molecule has 8 heteroatoms. The molecule has 0 fully saturated rings. The van der Waals surface area contributed by atoms with Gasteiger partial charge in [-0.2, -0.15) is 0 Å². The molecule has 0 radical (unpaired) electrons.